The highest BCUT2D eigenvalue weighted by Gasteiger charge is 2.43. The predicted molar refractivity (Wildman–Crippen MR) is 126 cm³/mol. The number of carbonyl (C=O) groups excluding carboxylic acids is 1. The lowest BCUT2D eigenvalue weighted by Crippen LogP contribution is -2.49. The number of hydrogen-bond donors (Lipinski definition) is 0. The van der Waals surface area contributed by atoms with E-state index in [0.29, 0.717) is 0 Å². The molecule has 2 bridgehead atoms. The van der Waals surface area contributed by atoms with Crippen LogP contribution < -0.4 is 0 Å². The van der Waals surface area contributed by atoms with E-state index in [1.807, 2.05) is 60.3 Å². The molecule has 6 heteroatoms. The smallest absolute Gasteiger partial charge is 0.254 e. The minimum absolute atomic E-state index is 0.00808. The van der Waals surface area contributed by atoms with Crippen LogP contribution in [0.25, 0.3) is 22.2 Å². The molecule has 0 aliphatic carbocycles. The first kappa shape index (κ1) is 19.5. The molecule has 4 heterocycles. The average Bonchev–Trinajstić information content (AvgIpc) is 3.13. The van der Waals surface area contributed by atoms with Crippen LogP contribution in [0.5, 0.6) is 0 Å². The van der Waals surface area contributed by atoms with Gasteiger partial charge in [-0.2, -0.15) is 5.10 Å². The SMILES string of the molecule is Cn1nc2c(c1-c1cccc(Cl)c1)CC1CCCC2N1C(=O)c1ccc2ncccc2c1. The zero-order valence-corrected chi connectivity index (χ0v) is 18.6. The van der Waals surface area contributed by atoms with E-state index >= 15 is 0 Å². The van der Waals surface area contributed by atoms with Crippen LogP contribution in [0.1, 0.15) is 46.9 Å². The normalized spacial score (nSPS) is 19.8. The van der Waals surface area contributed by atoms with Gasteiger partial charge < -0.3 is 4.90 Å². The Kier molecular flexibility index (Phi) is 4.54. The number of piperidine rings is 1. The molecular formula is C26H23ClN4O. The highest BCUT2D eigenvalue weighted by Crippen LogP contribution is 2.45. The second-order valence-electron chi connectivity index (χ2n) is 8.77. The third-order valence-corrected chi connectivity index (χ3v) is 7.09. The van der Waals surface area contributed by atoms with Crippen molar-refractivity contribution in [2.24, 2.45) is 7.05 Å². The van der Waals surface area contributed by atoms with E-state index in [-0.39, 0.29) is 18.0 Å². The minimum atomic E-state index is 0.00808. The quantitative estimate of drug-likeness (QED) is 0.407. The maximum atomic E-state index is 13.7. The van der Waals surface area contributed by atoms with Crippen LogP contribution in [-0.2, 0) is 13.5 Å². The lowest BCUT2D eigenvalue weighted by atomic mass is 9.81. The molecule has 1 saturated heterocycles. The van der Waals surface area contributed by atoms with Crippen molar-refractivity contribution in [3.63, 3.8) is 0 Å². The Bertz CT molecular complexity index is 1360. The van der Waals surface area contributed by atoms with Crippen molar-refractivity contribution in [3.05, 3.63) is 82.6 Å². The van der Waals surface area contributed by atoms with E-state index in [9.17, 15) is 4.79 Å². The van der Waals surface area contributed by atoms with Gasteiger partial charge in [0, 0.05) is 46.4 Å². The van der Waals surface area contributed by atoms with Gasteiger partial charge in [-0.15, -0.1) is 0 Å². The van der Waals surface area contributed by atoms with Crippen molar-refractivity contribution in [3.8, 4) is 11.3 Å². The predicted octanol–water partition coefficient (Wildman–Crippen LogP) is 5.58. The second kappa shape index (κ2) is 7.45. The van der Waals surface area contributed by atoms with Crippen molar-refractivity contribution in [1.82, 2.24) is 19.7 Å². The van der Waals surface area contributed by atoms with Gasteiger partial charge in [-0.1, -0.05) is 29.8 Å². The van der Waals surface area contributed by atoms with Crippen molar-refractivity contribution >= 4 is 28.4 Å². The minimum Gasteiger partial charge on any atom is -0.327 e. The van der Waals surface area contributed by atoms with Gasteiger partial charge in [0.25, 0.3) is 5.91 Å². The molecule has 1 fully saturated rings. The summed E-state index contributed by atoms with van der Waals surface area (Å²) in [6, 6.07) is 17.8. The molecule has 2 aromatic carbocycles. The maximum absolute atomic E-state index is 13.7. The number of benzene rings is 2. The maximum Gasteiger partial charge on any atom is 0.254 e. The zero-order valence-electron chi connectivity index (χ0n) is 17.8. The molecule has 2 atom stereocenters. The topological polar surface area (TPSA) is 51.0 Å². The third-order valence-electron chi connectivity index (χ3n) is 6.86. The number of nitrogens with zero attached hydrogens (tertiary/aromatic N) is 4. The molecule has 2 unspecified atom stereocenters. The molecule has 0 N–H and O–H groups in total. The number of rotatable bonds is 2. The van der Waals surface area contributed by atoms with E-state index < -0.39 is 0 Å². The van der Waals surface area contributed by atoms with E-state index in [4.69, 9.17) is 16.7 Å². The van der Waals surface area contributed by atoms with Crippen LogP contribution in [0.4, 0.5) is 0 Å². The molecule has 2 aliphatic heterocycles. The molecule has 1 amide bonds. The summed E-state index contributed by atoms with van der Waals surface area (Å²) in [6.45, 7) is 0. The third kappa shape index (κ3) is 3.03. The first-order valence-electron chi connectivity index (χ1n) is 11.1. The summed E-state index contributed by atoms with van der Waals surface area (Å²) in [7, 11) is 1.99. The Morgan fingerprint density at radius 2 is 2.00 bits per heavy atom. The largest absolute Gasteiger partial charge is 0.327 e. The fraction of sp³-hybridized carbons (Fsp3) is 0.269. The Labute approximate surface area is 191 Å². The average molecular weight is 443 g/mol. The highest BCUT2D eigenvalue weighted by molar-refractivity contribution is 6.30. The Balaban J connectivity index is 1.42. The van der Waals surface area contributed by atoms with Crippen LogP contribution in [0, 0.1) is 0 Å². The summed E-state index contributed by atoms with van der Waals surface area (Å²) in [5.41, 5.74) is 6.11. The molecule has 0 radical (unpaired) electrons. The number of fused-ring (bicyclic) bond motifs is 5. The van der Waals surface area contributed by atoms with Crippen LogP contribution in [0.15, 0.2) is 60.8 Å². The molecule has 0 spiro atoms. The number of pyridine rings is 1. The standard InChI is InChI=1S/C26H23ClN4O/c1-30-25(17-5-2-7-19(27)14-17)21-15-20-8-3-9-23(24(21)29-30)31(20)26(32)18-10-11-22-16(13-18)6-4-12-28-22/h2,4-7,10-14,20,23H,3,8-9,15H2,1H3. The van der Waals surface area contributed by atoms with Gasteiger partial charge in [0.2, 0.25) is 0 Å². The van der Waals surface area contributed by atoms with Crippen molar-refractivity contribution < 1.29 is 4.79 Å². The summed E-state index contributed by atoms with van der Waals surface area (Å²) in [5, 5.41) is 6.63. The van der Waals surface area contributed by atoms with Crippen LogP contribution in [-0.4, -0.2) is 31.6 Å². The van der Waals surface area contributed by atoms with E-state index in [0.717, 1.165) is 64.1 Å². The van der Waals surface area contributed by atoms with E-state index in [1.165, 1.54) is 5.56 Å². The lowest BCUT2D eigenvalue weighted by molar-refractivity contribution is 0.0392. The fourth-order valence-electron chi connectivity index (χ4n) is 5.50. The van der Waals surface area contributed by atoms with Crippen LogP contribution in [0.3, 0.4) is 0 Å². The molecule has 4 aromatic rings. The molecule has 160 valence electrons. The summed E-state index contributed by atoms with van der Waals surface area (Å²) in [5.74, 6) is 0.0889. The molecule has 2 aliphatic rings. The summed E-state index contributed by atoms with van der Waals surface area (Å²) in [4.78, 5) is 20.2. The van der Waals surface area contributed by atoms with Crippen molar-refractivity contribution in [2.75, 3.05) is 0 Å². The molecular weight excluding hydrogens is 420 g/mol. The van der Waals surface area contributed by atoms with Crippen molar-refractivity contribution in [1.29, 1.82) is 0 Å². The van der Waals surface area contributed by atoms with Gasteiger partial charge in [-0.05, 0) is 62.1 Å². The molecule has 5 nitrogen and oxygen atoms in total. The zero-order chi connectivity index (χ0) is 21.8. The lowest BCUT2D eigenvalue weighted by Gasteiger charge is -2.45. The molecule has 2 aromatic heterocycles. The Morgan fingerprint density at radius 3 is 2.88 bits per heavy atom. The van der Waals surface area contributed by atoms with E-state index in [1.54, 1.807) is 6.20 Å². The van der Waals surface area contributed by atoms with Crippen LogP contribution in [0.2, 0.25) is 5.02 Å². The molecule has 6 rings (SSSR count). The van der Waals surface area contributed by atoms with Gasteiger partial charge in [0.1, 0.15) is 0 Å². The number of halogens is 1. The summed E-state index contributed by atoms with van der Waals surface area (Å²) in [6.07, 6.45) is 5.67. The van der Waals surface area contributed by atoms with Gasteiger partial charge in [-0.25, -0.2) is 0 Å². The van der Waals surface area contributed by atoms with E-state index in [2.05, 4.69) is 16.0 Å². The Morgan fingerprint density at radius 1 is 1.09 bits per heavy atom. The monoisotopic (exact) mass is 442 g/mol. The van der Waals surface area contributed by atoms with Gasteiger partial charge in [-0.3, -0.25) is 14.5 Å². The number of amides is 1. The Hall–Kier alpha value is -3.18. The van der Waals surface area contributed by atoms with Gasteiger partial charge in [0.05, 0.1) is 22.9 Å². The van der Waals surface area contributed by atoms with Crippen LogP contribution >= 0.6 is 11.6 Å². The van der Waals surface area contributed by atoms with Crippen molar-refractivity contribution in [2.45, 2.75) is 37.8 Å². The number of carbonyl (C=O) groups is 1. The second-order valence-corrected chi connectivity index (χ2v) is 9.21. The number of aryl methyl sites for hydroxylation is 1. The molecule has 0 saturated carbocycles. The highest BCUT2D eigenvalue weighted by atomic mass is 35.5. The first-order valence-corrected chi connectivity index (χ1v) is 11.5. The first-order chi connectivity index (χ1) is 15.6. The van der Waals surface area contributed by atoms with Gasteiger partial charge >= 0.3 is 0 Å². The van der Waals surface area contributed by atoms with Gasteiger partial charge in [0.15, 0.2) is 0 Å². The molecule has 32 heavy (non-hydrogen) atoms. The summed E-state index contributed by atoms with van der Waals surface area (Å²) < 4.78 is 1.96. The fourth-order valence-corrected chi connectivity index (χ4v) is 5.69. The number of aromatic nitrogens is 3. The summed E-state index contributed by atoms with van der Waals surface area (Å²) >= 11 is 6.28. The number of hydrogen-bond acceptors (Lipinski definition) is 3.